The maximum absolute atomic E-state index is 13.8. The van der Waals surface area contributed by atoms with Crippen LogP contribution in [0.15, 0.2) is 52.5 Å². The molecule has 1 atom stereocenters. The van der Waals surface area contributed by atoms with Crippen molar-refractivity contribution in [2.45, 2.75) is 38.3 Å². The summed E-state index contributed by atoms with van der Waals surface area (Å²) >= 11 is 1.26. The Labute approximate surface area is 226 Å². The minimum Gasteiger partial charge on any atom is -0.394 e. The number of aliphatic hydroxyl groups excluding tert-OH is 1. The van der Waals surface area contributed by atoms with Crippen LogP contribution >= 0.6 is 11.8 Å². The molecule has 2 N–H and O–H groups in total. The predicted molar refractivity (Wildman–Crippen MR) is 142 cm³/mol. The van der Waals surface area contributed by atoms with Gasteiger partial charge in [-0.25, -0.2) is 0 Å². The van der Waals surface area contributed by atoms with Crippen LogP contribution in [0.5, 0.6) is 0 Å². The Kier molecular flexibility index (Phi) is 7.31. The topological polar surface area (TPSA) is 100 Å². The van der Waals surface area contributed by atoms with Gasteiger partial charge >= 0.3 is 6.18 Å². The molecule has 12 heteroatoms. The Balaban J connectivity index is 1.36. The highest BCUT2D eigenvalue weighted by Gasteiger charge is 2.35. The molecule has 3 heterocycles. The Morgan fingerprint density at radius 1 is 1.21 bits per heavy atom. The summed E-state index contributed by atoms with van der Waals surface area (Å²) in [6, 6.07) is 9.20. The number of morpholine rings is 1. The summed E-state index contributed by atoms with van der Waals surface area (Å²) in [6.45, 7) is 4.13. The number of hydrogen-bond donors (Lipinski definition) is 2. The first-order valence-electron chi connectivity index (χ1n) is 12.3. The number of aliphatic hydroxyl groups is 2. The van der Waals surface area contributed by atoms with Crippen molar-refractivity contribution in [1.29, 1.82) is 0 Å². The van der Waals surface area contributed by atoms with E-state index in [0.717, 1.165) is 11.6 Å². The zero-order valence-corrected chi connectivity index (χ0v) is 22.1. The van der Waals surface area contributed by atoms with E-state index in [1.807, 2.05) is 11.0 Å². The number of benzene rings is 2. The van der Waals surface area contributed by atoms with Crippen LogP contribution in [-0.4, -0.2) is 68.4 Å². The van der Waals surface area contributed by atoms with Gasteiger partial charge in [-0.05, 0) is 66.6 Å². The number of amidine groups is 1. The van der Waals surface area contributed by atoms with Crippen LogP contribution in [0.25, 0.3) is 17.0 Å². The highest BCUT2D eigenvalue weighted by Crippen LogP contribution is 2.36. The second-order valence-corrected chi connectivity index (χ2v) is 11.0. The molecular weight excluding hydrogens is 533 g/mol. The lowest BCUT2D eigenvalue weighted by Crippen LogP contribution is -2.45. The van der Waals surface area contributed by atoms with Gasteiger partial charge in [0.15, 0.2) is 5.17 Å². The molecule has 0 spiro atoms. The quantitative estimate of drug-likeness (QED) is 0.455. The summed E-state index contributed by atoms with van der Waals surface area (Å²) in [5.74, 6) is -0.355. The third kappa shape index (κ3) is 5.88. The minimum atomic E-state index is -4.59. The van der Waals surface area contributed by atoms with Crippen LogP contribution in [0.3, 0.4) is 0 Å². The van der Waals surface area contributed by atoms with Gasteiger partial charge in [-0.2, -0.15) is 23.3 Å². The number of halogens is 3. The fourth-order valence-corrected chi connectivity index (χ4v) is 5.48. The van der Waals surface area contributed by atoms with E-state index in [9.17, 15) is 28.2 Å². The molecule has 2 aliphatic rings. The molecular formula is C27H27F3N4O4S. The van der Waals surface area contributed by atoms with E-state index in [1.54, 1.807) is 24.4 Å². The Hall–Kier alpha value is -3.19. The van der Waals surface area contributed by atoms with Crippen molar-refractivity contribution in [2.75, 3.05) is 26.3 Å². The van der Waals surface area contributed by atoms with Crippen molar-refractivity contribution in [3.8, 4) is 0 Å². The number of hydrogen-bond acceptors (Lipinski definition) is 7. The molecule has 2 aliphatic heterocycles. The molecule has 0 unspecified atom stereocenters. The molecule has 1 fully saturated rings. The lowest BCUT2D eigenvalue weighted by Gasteiger charge is -2.32. The summed E-state index contributed by atoms with van der Waals surface area (Å²) in [5, 5.41) is 25.1. The molecule has 0 saturated carbocycles. The predicted octanol–water partition coefficient (Wildman–Crippen LogP) is 3.99. The molecule has 3 aromatic rings. The molecule has 1 aromatic heterocycles. The standard InChI is InChI=1S/C27H27F3N4O4S/c1-26(2,37)19-5-4-17(21(11-19)27(28,29)30)13-34-22-6-3-16(9-18(22)12-31-34)10-23-24(36)32-25(39-23)33-7-8-38-20(14-33)15-35/h3-6,9-12,20,35,37H,7-8,13-15H2,1-2H3/b23-10-/t20-/m0/s1. The summed E-state index contributed by atoms with van der Waals surface area (Å²) in [4.78, 5) is 19.1. The third-order valence-corrected chi connectivity index (χ3v) is 7.67. The van der Waals surface area contributed by atoms with Gasteiger partial charge in [0.05, 0.1) is 53.6 Å². The Morgan fingerprint density at radius 2 is 2.00 bits per heavy atom. The Morgan fingerprint density at radius 3 is 2.72 bits per heavy atom. The van der Waals surface area contributed by atoms with E-state index in [-0.39, 0.29) is 36.3 Å². The molecule has 0 bridgehead atoms. The van der Waals surface area contributed by atoms with Crippen LogP contribution in [0.2, 0.25) is 0 Å². The van der Waals surface area contributed by atoms with Crippen molar-refractivity contribution in [3.05, 3.63) is 69.8 Å². The number of thioether (sulfide) groups is 1. The van der Waals surface area contributed by atoms with Crippen LogP contribution in [0.4, 0.5) is 13.2 Å². The number of aromatic nitrogens is 2. The zero-order valence-electron chi connectivity index (χ0n) is 21.3. The SMILES string of the molecule is CC(C)(O)c1ccc(Cn2ncc3cc(/C=C4\SC(N5CCO[C@H](CO)C5)=NC4=O)ccc32)c(C(F)(F)F)c1. The molecule has 5 rings (SSSR count). The number of alkyl halides is 3. The fraction of sp³-hybridized carbons (Fsp3) is 0.370. The van der Waals surface area contributed by atoms with Gasteiger partial charge in [0.25, 0.3) is 5.91 Å². The maximum atomic E-state index is 13.8. The molecule has 1 saturated heterocycles. The fourth-order valence-electron chi connectivity index (χ4n) is 4.53. The largest absolute Gasteiger partial charge is 0.416 e. The molecule has 1 amide bonds. The van der Waals surface area contributed by atoms with Crippen LogP contribution in [0, 0.1) is 0 Å². The minimum absolute atomic E-state index is 0.0378. The number of amides is 1. The van der Waals surface area contributed by atoms with E-state index >= 15 is 0 Å². The molecule has 0 radical (unpaired) electrons. The van der Waals surface area contributed by atoms with Crippen LogP contribution in [0.1, 0.15) is 36.1 Å². The van der Waals surface area contributed by atoms with Crippen LogP contribution < -0.4 is 0 Å². The lowest BCUT2D eigenvalue weighted by molar-refractivity contribution is -0.138. The summed E-state index contributed by atoms with van der Waals surface area (Å²) in [5.41, 5.74) is -0.634. The van der Waals surface area contributed by atoms with Gasteiger partial charge in [0.2, 0.25) is 0 Å². The second kappa shape index (κ2) is 10.4. The van der Waals surface area contributed by atoms with E-state index in [1.165, 1.54) is 42.4 Å². The number of ether oxygens (including phenoxy) is 1. The van der Waals surface area contributed by atoms with E-state index < -0.39 is 17.3 Å². The second-order valence-electron chi connectivity index (χ2n) is 9.98. The van der Waals surface area contributed by atoms with Gasteiger partial charge in [-0.15, -0.1) is 0 Å². The number of aliphatic imine (C=N–C) groups is 1. The summed E-state index contributed by atoms with van der Waals surface area (Å²) in [7, 11) is 0. The molecule has 8 nitrogen and oxygen atoms in total. The van der Waals surface area contributed by atoms with Crippen molar-refractivity contribution < 1.29 is 32.9 Å². The maximum Gasteiger partial charge on any atom is 0.416 e. The van der Waals surface area contributed by atoms with E-state index in [2.05, 4.69) is 10.1 Å². The van der Waals surface area contributed by atoms with Crippen molar-refractivity contribution in [3.63, 3.8) is 0 Å². The monoisotopic (exact) mass is 560 g/mol. The van der Waals surface area contributed by atoms with Gasteiger partial charge in [0.1, 0.15) is 0 Å². The number of carbonyl (C=O) groups excluding carboxylic acids is 1. The lowest BCUT2D eigenvalue weighted by atomic mass is 9.93. The Bertz CT molecular complexity index is 1480. The first-order valence-corrected chi connectivity index (χ1v) is 13.1. The smallest absolute Gasteiger partial charge is 0.394 e. The number of carbonyl (C=O) groups is 1. The molecule has 206 valence electrons. The molecule has 39 heavy (non-hydrogen) atoms. The zero-order chi connectivity index (χ0) is 27.9. The average molecular weight is 561 g/mol. The highest BCUT2D eigenvalue weighted by atomic mass is 32.2. The molecule has 2 aromatic carbocycles. The number of nitrogens with zero attached hydrogens (tertiary/aromatic N) is 4. The number of rotatable bonds is 5. The van der Waals surface area contributed by atoms with Gasteiger partial charge in [0, 0.05) is 18.5 Å². The molecule has 0 aliphatic carbocycles. The highest BCUT2D eigenvalue weighted by molar-refractivity contribution is 8.18. The summed E-state index contributed by atoms with van der Waals surface area (Å²) in [6.07, 6.45) is -1.62. The van der Waals surface area contributed by atoms with Gasteiger partial charge in [-0.1, -0.05) is 18.2 Å². The van der Waals surface area contributed by atoms with Gasteiger partial charge in [-0.3, -0.25) is 9.48 Å². The normalized spacial score (nSPS) is 19.8. The third-order valence-electron chi connectivity index (χ3n) is 6.63. The van der Waals surface area contributed by atoms with E-state index in [4.69, 9.17) is 4.74 Å². The van der Waals surface area contributed by atoms with Crippen LogP contribution in [-0.2, 0) is 27.9 Å². The van der Waals surface area contributed by atoms with Crippen molar-refractivity contribution in [2.24, 2.45) is 4.99 Å². The van der Waals surface area contributed by atoms with E-state index in [0.29, 0.717) is 40.7 Å². The average Bonchev–Trinajstić information content (AvgIpc) is 3.45. The van der Waals surface area contributed by atoms with Crippen molar-refractivity contribution in [1.82, 2.24) is 14.7 Å². The van der Waals surface area contributed by atoms with Crippen molar-refractivity contribution >= 4 is 39.8 Å². The number of fused-ring (bicyclic) bond motifs is 1. The first kappa shape index (κ1) is 27.4. The first-order chi connectivity index (χ1) is 18.4. The summed E-state index contributed by atoms with van der Waals surface area (Å²) < 4.78 is 48.5. The van der Waals surface area contributed by atoms with Gasteiger partial charge < -0.3 is 19.8 Å².